The lowest BCUT2D eigenvalue weighted by Crippen LogP contribution is -2.41. The van der Waals surface area contributed by atoms with Crippen LogP contribution in [0.4, 0.5) is 5.69 Å². The first kappa shape index (κ1) is 29.0. The van der Waals surface area contributed by atoms with E-state index in [1.54, 1.807) is 0 Å². The zero-order valence-electron chi connectivity index (χ0n) is 22.5. The van der Waals surface area contributed by atoms with Crippen LogP contribution in [0.5, 0.6) is 0 Å². The first-order valence-electron chi connectivity index (χ1n) is 12.7. The highest BCUT2D eigenvalue weighted by Crippen LogP contribution is 2.36. The van der Waals surface area contributed by atoms with E-state index in [1.807, 2.05) is 38.1 Å². The number of anilines is 1. The molecule has 0 aromatic heterocycles. The van der Waals surface area contributed by atoms with Crippen LogP contribution in [-0.4, -0.2) is 50.8 Å². The standard InChI is InChI=1S/C25H32BNO4.C2H6.CH5N/c1-24(2)25(3,4)31-26(30-24)21-9-5-20(6-10-21)18-29-23-13-15-27(16-14-23)22-11-7-19(17-28)8-12-22;2*1-2/h5-12,17,23H,13-16,18H2,1-4H3;1-2H3;2H2,1H3. The maximum Gasteiger partial charge on any atom is 0.494 e. The Bertz CT molecular complexity index is 876. The number of nitrogens with zero attached hydrogens (tertiary/aromatic N) is 1. The predicted molar refractivity (Wildman–Crippen MR) is 145 cm³/mol. The number of carbonyl (C=O) groups is 1. The molecule has 0 bridgehead atoms. The van der Waals surface area contributed by atoms with Gasteiger partial charge in [-0.25, -0.2) is 0 Å². The van der Waals surface area contributed by atoms with Crippen molar-refractivity contribution in [2.75, 3.05) is 25.0 Å². The van der Waals surface area contributed by atoms with Gasteiger partial charge in [0.2, 0.25) is 0 Å². The summed E-state index contributed by atoms with van der Waals surface area (Å²) in [6.45, 7) is 14.8. The fourth-order valence-corrected chi connectivity index (χ4v) is 4.01. The van der Waals surface area contributed by atoms with Crippen molar-refractivity contribution in [2.24, 2.45) is 5.73 Å². The van der Waals surface area contributed by atoms with Gasteiger partial charge in [-0.15, -0.1) is 0 Å². The van der Waals surface area contributed by atoms with Crippen molar-refractivity contribution in [1.82, 2.24) is 0 Å². The number of nitrogens with two attached hydrogens (primary N) is 1. The minimum atomic E-state index is -0.329. The van der Waals surface area contributed by atoms with Gasteiger partial charge in [0.1, 0.15) is 6.29 Å². The molecule has 0 amide bonds. The van der Waals surface area contributed by atoms with Crippen LogP contribution < -0.4 is 16.1 Å². The Labute approximate surface area is 212 Å². The number of piperidine rings is 1. The molecule has 0 spiro atoms. The van der Waals surface area contributed by atoms with E-state index in [0.717, 1.165) is 43.2 Å². The van der Waals surface area contributed by atoms with Crippen molar-refractivity contribution in [3.05, 3.63) is 59.7 Å². The van der Waals surface area contributed by atoms with Crippen LogP contribution in [-0.2, 0) is 20.7 Å². The van der Waals surface area contributed by atoms with Crippen LogP contribution >= 0.6 is 0 Å². The first-order valence-corrected chi connectivity index (χ1v) is 12.7. The average Bonchev–Trinajstić information content (AvgIpc) is 3.12. The SMILES string of the molecule is CC.CC1(C)OB(c2ccc(COC3CCN(c4ccc(C=O)cc4)CC3)cc2)OC1(C)C.CN. The summed E-state index contributed by atoms with van der Waals surface area (Å²) >= 11 is 0. The third kappa shape index (κ3) is 7.40. The molecule has 35 heavy (non-hydrogen) atoms. The highest BCUT2D eigenvalue weighted by atomic mass is 16.7. The molecule has 2 aliphatic heterocycles. The molecular weight excluding hydrogens is 439 g/mol. The zero-order valence-corrected chi connectivity index (χ0v) is 22.5. The van der Waals surface area contributed by atoms with E-state index < -0.39 is 0 Å². The third-order valence-corrected chi connectivity index (χ3v) is 6.83. The van der Waals surface area contributed by atoms with Gasteiger partial charge in [0.25, 0.3) is 0 Å². The van der Waals surface area contributed by atoms with E-state index in [1.165, 1.54) is 12.7 Å². The number of benzene rings is 2. The van der Waals surface area contributed by atoms with Gasteiger partial charge in [-0.05, 0) is 82.9 Å². The van der Waals surface area contributed by atoms with Crippen molar-refractivity contribution >= 4 is 24.6 Å². The number of hydrogen-bond donors (Lipinski definition) is 1. The van der Waals surface area contributed by atoms with E-state index in [-0.39, 0.29) is 24.4 Å². The Morgan fingerprint density at radius 2 is 1.46 bits per heavy atom. The van der Waals surface area contributed by atoms with Crippen LogP contribution in [0.3, 0.4) is 0 Å². The summed E-state index contributed by atoms with van der Waals surface area (Å²) in [5.41, 5.74) is 7.92. The molecule has 6 nitrogen and oxygen atoms in total. The monoisotopic (exact) mass is 482 g/mol. The molecule has 4 rings (SSSR count). The molecule has 0 atom stereocenters. The fraction of sp³-hybridized carbons (Fsp3) is 0.536. The topological polar surface area (TPSA) is 74.0 Å². The molecule has 2 heterocycles. The normalized spacial score (nSPS) is 18.7. The summed E-state index contributed by atoms with van der Waals surface area (Å²) < 4.78 is 18.4. The van der Waals surface area contributed by atoms with E-state index in [4.69, 9.17) is 14.0 Å². The van der Waals surface area contributed by atoms with E-state index in [0.29, 0.717) is 12.2 Å². The second kappa shape index (κ2) is 13.2. The van der Waals surface area contributed by atoms with Gasteiger partial charge in [-0.2, -0.15) is 0 Å². The van der Waals surface area contributed by atoms with Gasteiger partial charge in [0, 0.05) is 24.3 Å². The Balaban J connectivity index is 0.00000103. The minimum absolute atomic E-state index is 0.272. The van der Waals surface area contributed by atoms with E-state index in [2.05, 4.69) is 62.6 Å². The van der Waals surface area contributed by atoms with Gasteiger partial charge in [0.05, 0.1) is 23.9 Å². The van der Waals surface area contributed by atoms with Crippen molar-refractivity contribution in [1.29, 1.82) is 0 Å². The van der Waals surface area contributed by atoms with Crippen LogP contribution in [0.25, 0.3) is 0 Å². The lowest BCUT2D eigenvalue weighted by molar-refractivity contribution is 0.00578. The molecular formula is C28H43BN2O4. The second-order valence-electron chi connectivity index (χ2n) is 9.54. The van der Waals surface area contributed by atoms with Gasteiger partial charge in [0.15, 0.2) is 0 Å². The Morgan fingerprint density at radius 3 is 1.94 bits per heavy atom. The molecule has 2 aliphatic rings. The summed E-state index contributed by atoms with van der Waals surface area (Å²) in [6.07, 6.45) is 3.16. The third-order valence-electron chi connectivity index (χ3n) is 6.83. The molecule has 2 saturated heterocycles. The summed E-state index contributed by atoms with van der Waals surface area (Å²) in [4.78, 5) is 13.2. The van der Waals surface area contributed by atoms with Crippen molar-refractivity contribution in [3.8, 4) is 0 Å². The molecule has 2 fully saturated rings. The van der Waals surface area contributed by atoms with Crippen LogP contribution in [0.2, 0.25) is 0 Å². The maximum absolute atomic E-state index is 10.8. The smallest absolute Gasteiger partial charge is 0.399 e. The lowest BCUT2D eigenvalue weighted by atomic mass is 9.79. The average molecular weight is 482 g/mol. The van der Waals surface area contributed by atoms with Gasteiger partial charge >= 0.3 is 7.12 Å². The molecule has 7 heteroatoms. The molecule has 0 saturated carbocycles. The number of hydrogen-bond acceptors (Lipinski definition) is 6. The Morgan fingerprint density at radius 1 is 0.943 bits per heavy atom. The van der Waals surface area contributed by atoms with Crippen molar-refractivity contribution in [3.63, 3.8) is 0 Å². The number of carbonyl (C=O) groups excluding carboxylic acids is 1. The number of aldehydes is 1. The Kier molecular flexibility index (Phi) is 11.0. The second-order valence-corrected chi connectivity index (χ2v) is 9.54. The maximum atomic E-state index is 10.8. The summed E-state index contributed by atoms with van der Waals surface area (Å²) in [5.74, 6) is 0. The molecule has 0 aliphatic carbocycles. The van der Waals surface area contributed by atoms with Crippen LogP contribution in [0.1, 0.15) is 70.3 Å². The van der Waals surface area contributed by atoms with E-state index in [9.17, 15) is 4.79 Å². The minimum Gasteiger partial charge on any atom is -0.399 e. The zero-order chi connectivity index (χ0) is 26.1. The Hall–Kier alpha value is -2.19. The molecule has 2 aromatic carbocycles. The summed E-state index contributed by atoms with van der Waals surface area (Å²) in [5, 5.41) is 0. The molecule has 2 N–H and O–H groups in total. The number of ether oxygens (including phenoxy) is 1. The van der Waals surface area contributed by atoms with Gasteiger partial charge < -0.3 is 24.7 Å². The molecule has 2 aromatic rings. The molecule has 0 unspecified atom stereocenters. The molecule has 192 valence electrons. The van der Waals surface area contributed by atoms with Crippen molar-refractivity contribution in [2.45, 2.75) is 78.3 Å². The van der Waals surface area contributed by atoms with Crippen molar-refractivity contribution < 1.29 is 18.8 Å². The summed E-state index contributed by atoms with van der Waals surface area (Å²) in [7, 11) is 1.17. The van der Waals surface area contributed by atoms with Gasteiger partial charge in [-0.1, -0.05) is 38.1 Å². The van der Waals surface area contributed by atoms with Gasteiger partial charge in [-0.3, -0.25) is 4.79 Å². The van der Waals surface area contributed by atoms with Crippen LogP contribution in [0, 0.1) is 0 Å². The lowest BCUT2D eigenvalue weighted by Gasteiger charge is -2.33. The first-order chi connectivity index (χ1) is 16.8. The highest BCUT2D eigenvalue weighted by molar-refractivity contribution is 6.62. The number of rotatable bonds is 6. The highest BCUT2D eigenvalue weighted by Gasteiger charge is 2.51. The quantitative estimate of drug-likeness (QED) is 0.480. The largest absolute Gasteiger partial charge is 0.494 e. The predicted octanol–water partition coefficient (Wildman–Crippen LogP) is 4.59. The molecule has 0 radical (unpaired) electrons. The van der Waals surface area contributed by atoms with E-state index >= 15 is 0 Å². The van der Waals surface area contributed by atoms with Crippen LogP contribution in [0.15, 0.2) is 48.5 Å². The fourth-order valence-electron chi connectivity index (χ4n) is 4.01. The summed E-state index contributed by atoms with van der Waals surface area (Å²) in [6, 6.07) is 16.1.